The predicted molar refractivity (Wildman–Crippen MR) is 118 cm³/mol. The highest BCUT2D eigenvalue weighted by atomic mass is 19.3. The number of alkyl halides is 3. The van der Waals surface area contributed by atoms with Crippen LogP contribution in [0.25, 0.3) is 10.9 Å². The number of aliphatic hydroxyl groups is 1. The predicted octanol–water partition coefficient (Wildman–Crippen LogP) is 2.91. The summed E-state index contributed by atoms with van der Waals surface area (Å²) in [5.74, 6) is -0.842. The van der Waals surface area contributed by atoms with Crippen LogP contribution in [0, 0.1) is 0 Å². The minimum Gasteiger partial charge on any atom is -0.390 e. The molecule has 2 N–H and O–H groups in total. The standard InChI is InChI=1S/C21H25F3N8O/c1-12(2)32-15-7-18(26-8-13(15)19(29-32)31-10-21(23,24)11-31)27-17-3-5-25-20(28-17)30-6-4-16(33)14(22)9-30/h3,5,7-8,12,14,16,33H,4,6,9-11H2,1-2H3,(H,25,26,27,28)/t14-,16+/m1/s1. The summed E-state index contributed by atoms with van der Waals surface area (Å²) >= 11 is 0. The van der Waals surface area contributed by atoms with Gasteiger partial charge in [0.25, 0.3) is 5.92 Å². The first kappa shape index (κ1) is 21.7. The van der Waals surface area contributed by atoms with Gasteiger partial charge in [0.15, 0.2) is 5.82 Å². The third-order valence-corrected chi connectivity index (χ3v) is 5.89. The van der Waals surface area contributed by atoms with Crippen LogP contribution in [0.15, 0.2) is 24.5 Å². The van der Waals surface area contributed by atoms with Crippen LogP contribution in [0.4, 0.5) is 36.6 Å². The van der Waals surface area contributed by atoms with E-state index in [9.17, 15) is 18.3 Å². The van der Waals surface area contributed by atoms with Crippen LogP contribution >= 0.6 is 0 Å². The Morgan fingerprint density at radius 2 is 1.97 bits per heavy atom. The Bertz CT molecular complexity index is 1160. The summed E-state index contributed by atoms with van der Waals surface area (Å²) in [6.07, 6.45) is 1.20. The first-order chi connectivity index (χ1) is 15.7. The second-order valence-electron chi connectivity index (χ2n) is 8.85. The Balaban J connectivity index is 1.40. The Labute approximate surface area is 188 Å². The minimum absolute atomic E-state index is 0.0204. The lowest BCUT2D eigenvalue weighted by Gasteiger charge is -2.39. The molecule has 2 fully saturated rings. The number of pyridine rings is 1. The number of aromatic nitrogens is 5. The number of halogens is 3. The monoisotopic (exact) mass is 462 g/mol. The topological polar surface area (TPSA) is 95.2 Å². The van der Waals surface area contributed by atoms with E-state index in [0.29, 0.717) is 41.8 Å². The molecular formula is C21H25F3N8O. The second-order valence-corrected chi connectivity index (χ2v) is 8.85. The van der Waals surface area contributed by atoms with Crippen LogP contribution in [0.2, 0.25) is 0 Å². The number of anilines is 4. The largest absolute Gasteiger partial charge is 0.390 e. The molecule has 2 atom stereocenters. The van der Waals surface area contributed by atoms with Gasteiger partial charge in [0.1, 0.15) is 17.8 Å². The molecule has 2 aliphatic heterocycles. The van der Waals surface area contributed by atoms with E-state index in [1.807, 2.05) is 13.8 Å². The van der Waals surface area contributed by atoms with Gasteiger partial charge in [-0.2, -0.15) is 10.1 Å². The average molecular weight is 462 g/mol. The van der Waals surface area contributed by atoms with Crippen molar-refractivity contribution >= 4 is 34.3 Å². The van der Waals surface area contributed by atoms with Crippen molar-refractivity contribution < 1.29 is 18.3 Å². The van der Waals surface area contributed by atoms with Gasteiger partial charge in [-0.1, -0.05) is 0 Å². The second kappa shape index (κ2) is 8.01. The lowest BCUT2D eigenvalue weighted by molar-refractivity contribution is -0.0266. The molecule has 0 bridgehead atoms. The average Bonchev–Trinajstić information content (AvgIpc) is 3.13. The normalized spacial score (nSPS) is 22.6. The molecule has 2 saturated heterocycles. The van der Waals surface area contributed by atoms with E-state index in [2.05, 4.69) is 25.4 Å². The van der Waals surface area contributed by atoms with E-state index in [0.717, 1.165) is 5.52 Å². The molecule has 33 heavy (non-hydrogen) atoms. The van der Waals surface area contributed by atoms with Gasteiger partial charge in [-0.05, 0) is 26.3 Å². The van der Waals surface area contributed by atoms with E-state index in [4.69, 9.17) is 0 Å². The van der Waals surface area contributed by atoms with Crippen molar-refractivity contribution in [3.8, 4) is 0 Å². The summed E-state index contributed by atoms with van der Waals surface area (Å²) in [4.78, 5) is 16.4. The van der Waals surface area contributed by atoms with Gasteiger partial charge in [0.2, 0.25) is 5.95 Å². The highest BCUT2D eigenvalue weighted by Gasteiger charge is 2.45. The van der Waals surface area contributed by atoms with Crippen molar-refractivity contribution in [3.63, 3.8) is 0 Å². The molecule has 0 spiro atoms. The molecule has 0 radical (unpaired) electrons. The summed E-state index contributed by atoms with van der Waals surface area (Å²) in [7, 11) is 0. The quantitative estimate of drug-likeness (QED) is 0.598. The van der Waals surface area contributed by atoms with Crippen LogP contribution < -0.4 is 15.1 Å². The fourth-order valence-corrected chi connectivity index (χ4v) is 4.15. The summed E-state index contributed by atoms with van der Waals surface area (Å²) in [5.41, 5.74) is 0.771. The summed E-state index contributed by atoms with van der Waals surface area (Å²) in [6.45, 7) is 3.72. The molecule has 2 aliphatic rings. The lowest BCUT2D eigenvalue weighted by atomic mass is 10.1. The van der Waals surface area contributed by atoms with Gasteiger partial charge in [0.05, 0.1) is 36.6 Å². The summed E-state index contributed by atoms with van der Waals surface area (Å²) < 4.78 is 42.5. The molecule has 9 nitrogen and oxygen atoms in total. The van der Waals surface area contributed by atoms with Crippen LogP contribution in [0.5, 0.6) is 0 Å². The summed E-state index contributed by atoms with van der Waals surface area (Å²) in [5, 5.41) is 18.0. The maximum atomic E-state index is 13.9. The fourth-order valence-electron chi connectivity index (χ4n) is 4.15. The van der Waals surface area contributed by atoms with Gasteiger partial charge in [-0.3, -0.25) is 4.68 Å². The SMILES string of the molecule is CC(C)n1nc(N2CC(F)(F)C2)c2cnc(Nc3ccnc(N4CC[C@H](O)[C@H](F)C4)n3)cc21. The molecule has 176 valence electrons. The van der Waals surface area contributed by atoms with Crippen LogP contribution in [0.3, 0.4) is 0 Å². The van der Waals surface area contributed by atoms with E-state index in [1.165, 1.54) is 0 Å². The molecule has 0 aliphatic carbocycles. The minimum atomic E-state index is -2.69. The number of piperidine rings is 1. The van der Waals surface area contributed by atoms with Crippen molar-refractivity contribution in [2.24, 2.45) is 0 Å². The molecule has 0 unspecified atom stereocenters. The number of hydrogen-bond acceptors (Lipinski definition) is 8. The third kappa shape index (κ3) is 4.14. The van der Waals surface area contributed by atoms with Crippen molar-refractivity contribution in [2.45, 2.75) is 44.5 Å². The van der Waals surface area contributed by atoms with Crippen LogP contribution in [-0.2, 0) is 0 Å². The van der Waals surface area contributed by atoms with Crippen molar-refractivity contribution in [2.75, 3.05) is 41.3 Å². The molecule has 5 rings (SSSR count). The molecule has 5 heterocycles. The number of nitrogens with one attached hydrogen (secondary N) is 1. The van der Waals surface area contributed by atoms with Crippen molar-refractivity contribution in [1.82, 2.24) is 24.7 Å². The third-order valence-electron chi connectivity index (χ3n) is 5.89. The zero-order valence-corrected chi connectivity index (χ0v) is 18.3. The van der Waals surface area contributed by atoms with Gasteiger partial charge >= 0.3 is 0 Å². The number of aliphatic hydroxyl groups excluding tert-OH is 1. The molecule has 3 aromatic heterocycles. The maximum Gasteiger partial charge on any atom is 0.282 e. The zero-order chi connectivity index (χ0) is 23.3. The van der Waals surface area contributed by atoms with Gasteiger partial charge in [0, 0.05) is 31.0 Å². The number of hydrogen-bond donors (Lipinski definition) is 2. The highest BCUT2D eigenvalue weighted by molar-refractivity contribution is 5.92. The Kier molecular flexibility index (Phi) is 5.26. The first-order valence-electron chi connectivity index (χ1n) is 10.9. The molecule has 12 heteroatoms. The highest BCUT2D eigenvalue weighted by Crippen LogP contribution is 2.36. The van der Waals surface area contributed by atoms with Crippen molar-refractivity contribution in [1.29, 1.82) is 0 Å². The van der Waals surface area contributed by atoms with Gasteiger partial charge in [-0.15, -0.1) is 0 Å². The molecular weight excluding hydrogens is 437 g/mol. The van der Waals surface area contributed by atoms with E-state index in [1.54, 1.807) is 39.0 Å². The zero-order valence-electron chi connectivity index (χ0n) is 18.3. The number of rotatable bonds is 5. The van der Waals surface area contributed by atoms with E-state index >= 15 is 0 Å². The molecule has 0 saturated carbocycles. The Morgan fingerprint density at radius 3 is 2.67 bits per heavy atom. The lowest BCUT2D eigenvalue weighted by Crippen LogP contribution is -2.56. The molecule has 3 aromatic rings. The van der Waals surface area contributed by atoms with Crippen LogP contribution in [-0.4, -0.2) is 74.2 Å². The fraction of sp³-hybridized carbons (Fsp3) is 0.524. The van der Waals surface area contributed by atoms with E-state index < -0.39 is 18.2 Å². The summed E-state index contributed by atoms with van der Waals surface area (Å²) in [6, 6.07) is 3.50. The molecule has 0 amide bonds. The maximum absolute atomic E-state index is 13.9. The number of fused-ring (bicyclic) bond motifs is 1. The first-order valence-corrected chi connectivity index (χ1v) is 10.9. The number of nitrogens with zero attached hydrogens (tertiary/aromatic N) is 7. The molecule has 0 aromatic carbocycles. The van der Waals surface area contributed by atoms with Gasteiger partial charge in [-0.25, -0.2) is 23.1 Å². The van der Waals surface area contributed by atoms with Crippen molar-refractivity contribution in [3.05, 3.63) is 24.5 Å². The smallest absolute Gasteiger partial charge is 0.282 e. The Morgan fingerprint density at radius 1 is 1.18 bits per heavy atom. The van der Waals surface area contributed by atoms with E-state index in [-0.39, 0.29) is 25.7 Å². The Hall–Kier alpha value is -3.15. The van der Waals surface area contributed by atoms with Crippen LogP contribution in [0.1, 0.15) is 26.3 Å². The van der Waals surface area contributed by atoms with Gasteiger partial charge < -0.3 is 20.2 Å².